The molecule has 0 N–H and O–H groups in total. The molecule has 136 valence electrons. The number of rotatable bonds is 5. The topological polar surface area (TPSA) is 36.7 Å². The van der Waals surface area contributed by atoms with Crippen LogP contribution in [0.4, 0.5) is 0 Å². The van der Waals surface area contributed by atoms with Gasteiger partial charge in [-0.15, -0.1) is 0 Å². The molecular weight excluding hydrogens is 322 g/mol. The van der Waals surface area contributed by atoms with Crippen molar-refractivity contribution in [3.8, 4) is 0 Å². The van der Waals surface area contributed by atoms with Crippen LogP contribution in [0.5, 0.6) is 0 Å². The fourth-order valence-corrected chi connectivity index (χ4v) is 4.27. The van der Waals surface area contributed by atoms with Crippen LogP contribution in [0.15, 0.2) is 49.1 Å². The van der Waals surface area contributed by atoms with Crippen molar-refractivity contribution >= 4 is 5.65 Å². The van der Waals surface area contributed by atoms with Crippen LogP contribution in [0.3, 0.4) is 0 Å². The quantitative estimate of drug-likeness (QED) is 0.709. The Kier molecular flexibility index (Phi) is 4.74. The fraction of sp³-hybridized carbons (Fsp3) is 0.429. The third-order valence-corrected chi connectivity index (χ3v) is 5.43. The Balaban J connectivity index is 1.45. The second-order valence-electron chi connectivity index (χ2n) is 7.66. The van der Waals surface area contributed by atoms with Gasteiger partial charge in [0.1, 0.15) is 5.65 Å². The van der Waals surface area contributed by atoms with E-state index in [0.717, 1.165) is 31.0 Å². The first-order valence-electron chi connectivity index (χ1n) is 9.33. The van der Waals surface area contributed by atoms with Gasteiger partial charge in [-0.3, -0.25) is 9.88 Å². The van der Waals surface area contributed by atoms with E-state index in [1.807, 2.05) is 18.5 Å². The molecule has 0 radical (unpaired) electrons. The molecule has 0 bridgehead atoms. The molecule has 1 aliphatic rings. The monoisotopic (exact) mass is 349 g/mol. The molecule has 2 atom stereocenters. The lowest BCUT2D eigenvalue weighted by Gasteiger charge is -2.28. The minimum absolute atomic E-state index is 0.454. The zero-order valence-corrected chi connectivity index (χ0v) is 15.8. The van der Waals surface area contributed by atoms with E-state index < -0.39 is 0 Å². The van der Waals surface area contributed by atoms with Crippen molar-refractivity contribution in [1.29, 1.82) is 0 Å². The van der Waals surface area contributed by atoms with Crippen LogP contribution in [-0.4, -0.2) is 51.4 Å². The fourth-order valence-electron chi connectivity index (χ4n) is 4.27. The maximum absolute atomic E-state index is 4.76. The summed E-state index contributed by atoms with van der Waals surface area (Å²) in [6, 6.07) is 8.90. The number of imidazole rings is 1. The summed E-state index contributed by atoms with van der Waals surface area (Å²) >= 11 is 0. The molecule has 26 heavy (non-hydrogen) atoms. The number of fused-ring (bicyclic) bond motifs is 1. The maximum atomic E-state index is 4.76. The van der Waals surface area contributed by atoms with E-state index in [0.29, 0.717) is 12.0 Å². The lowest BCUT2D eigenvalue weighted by molar-refractivity contribution is 0.212. The Morgan fingerprint density at radius 2 is 2.12 bits per heavy atom. The number of nitrogens with zero attached hydrogens (tertiary/aromatic N) is 5. The summed E-state index contributed by atoms with van der Waals surface area (Å²) in [5.74, 6) is 0.619. The molecule has 0 amide bonds. The van der Waals surface area contributed by atoms with Crippen molar-refractivity contribution in [2.24, 2.45) is 5.92 Å². The van der Waals surface area contributed by atoms with Gasteiger partial charge in [-0.25, -0.2) is 4.98 Å². The Labute approximate surface area is 155 Å². The molecule has 5 heteroatoms. The highest BCUT2D eigenvalue weighted by molar-refractivity contribution is 5.41. The van der Waals surface area contributed by atoms with Gasteiger partial charge in [-0.2, -0.15) is 0 Å². The van der Waals surface area contributed by atoms with Crippen LogP contribution in [0.25, 0.3) is 5.65 Å². The van der Waals surface area contributed by atoms with Crippen LogP contribution < -0.4 is 0 Å². The molecule has 3 aromatic rings. The second-order valence-corrected chi connectivity index (χ2v) is 7.66. The highest BCUT2D eigenvalue weighted by Gasteiger charge is 2.33. The van der Waals surface area contributed by atoms with E-state index in [1.54, 1.807) is 0 Å². The Bertz CT molecular complexity index is 872. The molecule has 4 rings (SSSR count). The number of aryl methyl sites for hydroxylation is 1. The molecule has 0 unspecified atom stereocenters. The summed E-state index contributed by atoms with van der Waals surface area (Å²) in [7, 11) is 4.43. The predicted octanol–water partition coefficient (Wildman–Crippen LogP) is 3.16. The maximum Gasteiger partial charge on any atom is 0.137 e. The van der Waals surface area contributed by atoms with Crippen molar-refractivity contribution in [2.45, 2.75) is 25.9 Å². The molecule has 1 saturated heterocycles. The zero-order chi connectivity index (χ0) is 18.1. The van der Waals surface area contributed by atoms with Crippen LogP contribution in [0, 0.1) is 12.8 Å². The van der Waals surface area contributed by atoms with E-state index >= 15 is 0 Å². The van der Waals surface area contributed by atoms with Gasteiger partial charge in [0, 0.05) is 43.9 Å². The minimum Gasteiger partial charge on any atom is -0.307 e. The van der Waals surface area contributed by atoms with E-state index in [4.69, 9.17) is 4.98 Å². The molecule has 0 aliphatic carbocycles. The normalized spacial score (nSPS) is 21.1. The van der Waals surface area contributed by atoms with Crippen molar-refractivity contribution in [3.63, 3.8) is 0 Å². The Hall–Kier alpha value is -2.24. The van der Waals surface area contributed by atoms with Crippen LogP contribution >= 0.6 is 0 Å². The molecule has 3 aromatic heterocycles. The Morgan fingerprint density at radius 1 is 1.23 bits per heavy atom. The SMILES string of the molecule is Cc1ccc2nc(CN(C)C[C@@H]3CCN(C)[C@H]3c3cccnc3)cn2c1. The van der Waals surface area contributed by atoms with Crippen molar-refractivity contribution in [3.05, 3.63) is 65.9 Å². The summed E-state index contributed by atoms with van der Waals surface area (Å²) < 4.78 is 2.13. The molecule has 0 spiro atoms. The molecule has 0 saturated carbocycles. The van der Waals surface area contributed by atoms with Gasteiger partial charge in [-0.05, 0) is 63.2 Å². The summed E-state index contributed by atoms with van der Waals surface area (Å²) in [5.41, 5.74) is 4.73. The van der Waals surface area contributed by atoms with Crippen molar-refractivity contribution in [2.75, 3.05) is 27.2 Å². The van der Waals surface area contributed by atoms with Crippen LogP contribution in [-0.2, 0) is 6.54 Å². The van der Waals surface area contributed by atoms with E-state index in [1.165, 1.54) is 17.5 Å². The van der Waals surface area contributed by atoms with Gasteiger partial charge < -0.3 is 9.30 Å². The van der Waals surface area contributed by atoms with E-state index in [9.17, 15) is 0 Å². The highest BCUT2D eigenvalue weighted by Crippen LogP contribution is 2.36. The predicted molar refractivity (Wildman–Crippen MR) is 104 cm³/mol. The molecule has 1 aliphatic heterocycles. The third kappa shape index (κ3) is 3.50. The van der Waals surface area contributed by atoms with Crippen LogP contribution in [0.2, 0.25) is 0 Å². The summed E-state index contributed by atoms with van der Waals surface area (Å²) in [4.78, 5) is 14.0. The molecule has 0 aromatic carbocycles. The van der Waals surface area contributed by atoms with Gasteiger partial charge in [0.05, 0.1) is 5.69 Å². The average molecular weight is 349 g/mol. The Morgan fingerprint density at radius 3 is 2.92 bits per heavy atom. The molecule has 1 fully saturated rings. The summed E-state index contributed by atoms with van der Waals surface area (Å²) in [6.45, 7) is 5.20. The third-order valence-electron chi connectivity index (χ3n) is 5.43. The van der Waals surface area contributed by atoms with Crippen LogP contribution in [0.1, 0.15) is 29.3 Å². The first kappa shape index (κ1) is 17.2. The minimum atomic E-state index is 0.454. The second kappa shape index (κ2) is 7.17. The van der Waals surface area contributed by atoms with E-state index in [2.05, 4.69) is 70.8 Å². The number of hydrogen-bond donors (Lipinski definition) is 0. The smallest absolute Gasteiger partial charge is 0.137 e. The molecule has 5 nitrogen and oxygen atoms in total. The lowest BCUT2D eigenvalue weighted by Crippen LogP contribution is -2.30. The zero-order valence-electron chi connectivity index (χ0n) is 15.8. The number of likely N-dealkylation sites (tertiary alicyclic amines) is 1. The highest BCUT2D eigenvalue weighted by atomic mass is 15.2. The standard InChI is InChI=1S/C21H27N5/c1-16-6-7-20-23-19(15-26(20)12-16)14-24(2)13-18-8-10-25(3)21(18)17-5-4-9-22-11-17/h4-7,9,11-12,15,18,21H,8,10,13-14H2,1-3H3/t18-,21-/m0/s1. The average Bonchev–Trinajstić information content (AvgIpc) is 3.18. The van der Waals surface area contributed by atoms with Gasteiger partial charge in [0.25, 0.3) is 0 Å². The van der Waals surface area contributed by atoms with Gasteiger partial charge in [-0.1, -0.05) is 12.1 Å². The molecular formula is C21H27N5. The summed E-state index contributed by atoms with van der Waals surface area (Å²) in [6.07, 6.45) is 9.38. The first-order chi connectivity index (χ1) is 12.6. The number of pyridine rings is 2. The number of hydrogen-bond acceptors (Lipinski definition) is 4. The first-order valence-corrected chi connectivity index (χ1v) is 9.33. The van der Waals surface area contributed by atoms with Crippen molar-refractivity contribution in [1.82, 2.24) is 24.2 Å². The lowest BCUT2D eigenvalue weighted by atomic mass is 9.94. The van der Waals surface area contributed by atoms with E-state index in [-0.39, 0.29) is 0 Å². The van der Waals surface area contributed by atoms with Crippen molar-refractivity contribution < 1.29 is 0 Å². The van der Waals surface area contributed by atoms with Gasteiger partial charge in [0.15, 0.2) is 0 Å². The summed E-state index contributed by atoms with van der Waals surface area (Å²) in [5, 5.41) is 0. The largest absolute Gasteiger partial charge is 0.307 e. The number of aromatic nitrogens is 3. The molecule has 4 heterocycles. The van der Waals surface area contributed by atoms with Gasteiger partial charge in [0.2, 0.25) is 0 Å². The van der Waals surface area contributed by atoms with Gasteiger partial charge >= 0.3 is 0 Å².